The molecule has 4 fully saturated rings. The van der Waals surface area contributed by atoms with Gasteiger partial charge in [-0.3, -0.25) is 4.79 Å². The summed E-state index contributed by atoms with van der Waals surface area (Å²) in [5.74, 6) is 2.80. The molecule has 176 valence electrons. The van der Waals surface area contributed by atoms with E-state index in [1.54, 1.807) is 21.1 Å². The summed E-state index contributed by atoms with van der Waals surface area (Å²) in [6.07, 6.45) is 5.69. The Balaban J connectivity index is 1.54. The third-order valence-corrected chi connectivity index (χ3v) is 9.14. The highest BCUT2D eigenvalue weighted by atomic mass is 16.5. The van der Waals surface area contributed by atoms with Crippen LogP contribution in [0, 0.1) is 22.7 Å². The maximum absolute atomic E-state index is 12.2. The highest BCUT2D eigenvalue weighted by Crippen LogP contribution is 2.71. The number of hydrogen-bond donors (Lipinski definition) is 1. The molecule has 1 unspecified atom stereocenters. The maximum Gasteiger partial charge on any atom is 0.217 e. The first-order valence-corrected chi connectivity index (χ1v) is 12.2. The minimum Gasteiger partial charge on any atom is -0.496 e. The summed E-state index contributed by atoms with van der Waals surface area (Å²) in [5, 5.41) is 3.37. The monoisotopic (exact) mass is 442 g/mol. The second-order valence-corrected chi connectivity index (χ2v) is 10.9. The molecule has 6 heteroatoms. The Hall–Kier alpha value is -1.95. The van der Waals surface area contributed by atoms with Crippen molar-refractivity contribution in [2.75, 3.05) is 38.8 Å². The van der Waals surface area contributed by atoms with E-state index in [0.29, 0.717) is 18.4 Å². The van der Waals surface area contributed by atoms with Crippen LogP contribution in [-0.4, -0.2) is 45.9 Å². The molecule has 1 amide bonds. The Morgan fingerprint density at radius 3 is 2.53 bits per heavy atom. The van der Waals surface area contributed by atoms with Gasteiger partial charge in [0.25, 0.3) is 0 Å². The van der Waals surface area contributed by atoms with Crippen LogP contribution in [-0.2, 0) is 9.53 Å². The first-order chi connectivity index (χ1) is 15.3. The number of amides is 1. The van der Waals surface area contributed by atoms with Crippen molar-refractivity contribution in [2.45, 2.75) is 65.0 Å². The second-order valence-electron chi connectivity index (χ2n) is 10.9. The van der Waals surface area contributed by atoms with Crippen LogP contribution in [0.5, 0.6) is 11.5 Å². The molecular formula is C26H38N2O4. The van der Waals surface area contributed by atoms with Crippen molar-refractivity contribution in [2.24, 2.45) is 22.7 Å². The summed E-state index contributed by atoms with van der Waals surface area (Å²) in [5.41, 5.74) is 2.38. The molecule has 1 N–H and O–H groups in total. The zero-order valence-corrected chi connectivity index (χ0v) is 20.2. The minimum atomic E-state index is -0.0439. The number of nitrogens with one attached hydrogen (secondary N) is 1. The van der Waals surface area contributed by atoms with Crippen LogP contribution in [0.3, 0.4) is 0 Å². The summed E-state index contributed by atoms with van der Waals surface area (Å²) < 4.78 is 18.3. The predicted octanol–water partition coefficient (Wildman–Crippen LogP) is 4.32. The number of rotatable bonds is 5. The van der Waals surface area contributed by atoms with Crippen LogP contribution in [0.1, 0.15) is 64.5 Å². The quantitative estimate of drug-likeness (QED) is 0.736. The van der Waals surface area contributed by atoms with Gasteiger partial charge in [0, 0.05) is 44.3 Å². The van der Waals surface area contributed by atoms with Crippen LogP contribution in [0.15, 0.2) is 12.1 Å². The van der Waals surface area contributed by atoms with E-state index < -0.39 is 0 Å². The van der Waals surface area contributed by atoms with E-state index in [2.05, 4.69) is 36.2 Å². The second kappa shape index (κ2) is 7.82. The Bertz CT molecular complexity index is 894. The average molecular weight is 443 g/mol. The Labute approximate surface area is 192 Å². The van der Waals surface area contributed by atoms with Crippen LogP contribution in [0.4, 0.5) is 5.69 Å². The van der Waals surface area contributed by atoms with Gasteiger partial charge in [0.1, 0.15) is 11.5 Å². The highest BCUT2D eigenvalue weighted by Gasteiger charge is 2.68. The maximum atomic E-state index is 12.2. The molecule has 2 saturated heterocycles. The lowest BCUT2D eigenvalue weighted by molar-refractivity contribution is -0.136. The van der Waals surface area contributed by atoms with E-state index in [1.807, 2.05) is 0 Å². The molecule has 2 aliphatic heterocycles. The number of fused-ring (bicyclic) bond motifs is 1. The van der Waals surface area contributed by atoms with E-state index in [1.165, 1.54) is 19.3 Å². The molecular weight excluding hydrogens is 404 g/mol. The van der Waals surface area contributed by atoms with Gasteiger partial charge in [-0.15, -0.1) is 0 Å². The fraction of sp³-hybridized carbons (Fsp3) is 0.731. The van der Waals surface area contributed by atoms with Crippen molar-refractivity contribution in [1.82, 2.24) is 5.32 Å². The summed E-state index contributed by atoms with van der Waals surface area (Å²) in [7, 11) is 3.50. The van der Waals surface area contributed by atoms with Crippen molar-refractivity contribution in [3.63, 3.8) is 0 Å². The molecule has 1 aromatic carbocycles. The van der Waals surface area contributed by atoms with Crippen molar-refractivity contribution >= 4 is 11.6 Å². The molecule has 4 aliphatic rings. The number of nitrogens with zero attached hydrogens (tertiary/aromatic N) is 1. The molecule has 1 aromatic rings. The predicted molar refractivity (Wildman–Crippen MR) is 124 cm³/mol. The van der Waals surface area contributed by atoms with Gasteiger partial charge in [-0.1, -0.05) is 13.8 Å². The van der Waals surface area contributed by atoms with E-state index in [4.69, 9.17) is 14.2 Å². The number of benzene rings is 1. The summed E-state index contributed by atoms with van der Waals surface area (Å²) in [4.78, 5) is 14.5. The van der Waals surface area contributed by atoms with Gasteiger partial charge in [0.2, 0.25) is 5.91 Å². The van der Waals surface area contributed by atoms with Gasteiger partial charge in [0.05, 0.1) is 26.0 Å². The smallest absolute Gasteiger partial charge is 0.217 e. The Kier molecular flexibility index (Phi) is 5.35. The molecule has 0 radical (unpaired) electrons. The standard InChI is InChI=1S/C26H38N2O4/c1-16(29)27-24-25(2,3)17-12-19-23(32-11-8-26(19,24)15-17)18-13-22(31-5)20(14-21(18)30-4)28-9-6-7-10-28/h13-14,17,19,23-24H,6-12,15H2,1-5H3,(H,27,29)/t17-,19-,23-,24+,26?/m1/s1. The van der Waals surface area contributed by atoms with E-state index >= 15 is 0 Å². The van der Waals surface area contributed by atoms with Crippen molar-refractivity contribution in [1.29, 1.82) is 0 Å². The molecule has 6 nitrogen and oxygen atoms in total. The number of carbonyl (C=O) groups excluding carboxylic acids is 1. The summed E-state index contributed by atoms with van der Waals surface area (Å²) in [6.45, 7) is 9.14. The number of anilines is 1. The number of ether oxygens (including phenoxy) is 3. The van der Waals surface area contributed by atoms with E-state index in [-0.39, 0.29) is 28.9 Å². The van der Waals surface area contributed by atoms with Gasteiger partial charge in [-0.05, 0) is 60.8 Å². The largest absolute Gasteiger partial charge is 0.496 e. The van der Waals surface area contributed by atoms with Gasteiger partial charge in [-0.2, -0.15) is 0 Å². The van der Waals surface area contributed by atoms with Crippen molar-refractivity contribution in [3.8, 4) is 11.5 Å². The minimum absolute atomic E-state index is 0.0439. The Morgan fingerprint density at radius 2 is 1.88 bits per heavy atom. The molecule has 2 heterocycles. The van der Waals surface area contributed by atoms with Crippen molar-refractivity contribution in [3.05, 3.63) is 17.7 Å². The van der Waals surface area contributed by atoms with Crippen LogP contribution in [0.25, 0.3) is 0 Å². The van der Waals surface area contributed by atoms with E-state index in [0.717, 1.165) is 48.7 Å². The zero-order valence-electron chi connectivity index (χ0n) is 20.2. The van der Waals surface area contributed by atoms with Gasteiger partial charge >= 0.3 is 0 Å². The summed E-state index contributed by atoms with van der Waals surface area (Å²) in [6, 6.07) is 4.48. The zero-order chi connectivity index (χ0) is 22.7. The summed E-state index contributed by atoms with van der Waals surface area (Å²) >= 11 is 0. The molecule has 1 spiro atoms. The number of hydrogen-bond acceptors (Lipinski definition) is 5. The lowest BCUT2D eigenvalue weighted by atomic mass is 9.58. The molecule has 2 aliphatic carbocycles. The fourth-order valence-electron chi connectivity index (χ4n) is 7.63. The average Bonchev–Trinajstić information content (AvgIpc) is 3.48. The van der Waals surface area contributed by atoms with Crippen molar-refractivity contribution < 1.29 is 19.0 Å². The van der Waals surface area contributed by atoms with Crippen LogP contribution in [0.2, 0.25) is 0 Å². The Morgan fingerprint density at radius 1 is 1.16 bits per heavy atom. The third kappa shape index (κ3) is 3.12. The number of carbonyl (C=O) groups is 1. The molecule has 32 heavy (non-hydrogen) atoms. The van der Waals surface area contributed by atoms with Crippen LogP contribution >= 0.6 is 0 Å². The first-order valence-electron chi connectivity index (χ1n) is 12.2. The lowest BCUT2D eigenvalue weighted by Gasteiger charge is -2.53. The molecule has 5 atom stereocenters. The molecule has 2 bridgehead atoms. The lowest BCUT2D eigenvalue weighted by Crippen LogP contribution is -2.58. The van der Waals surface area contributed by atoms with E-state index in [9.17, 15) is 4.79 Å². The topological polar surface area (TPSA) is 60.0 Å². The van der Waals surface area contributed by atoms with Gasteiger partial charge in [0.15, 0.2) is 0 Å². The first kappa shape index (κ1) is 21.9. The SMILES string of the molecule is COc1cc(N2CCCC2)c(OC)cc1[C@H]1OCCC23C[C@@H](C[C@H]12)C(C)(C)[C@@H]3NC(C)=O. The highest BCUT2D eigenvalue weighted by molar-refractivity contribution is 5.73. The van der Waals surface area contributed by atoms with Gasteiger partial charge in [-0.25, -0.2) is 0 Å². The number of methoxy groups -OCH3 is 2. The molecule has 0 aromatic heterocycles. The van der Waals surface area contributed by atoms with Gasteiger partial charge < -0.3 is 24.4 Å². The van der Waals surface area contributed by atoms with Crippen LogP contribution < -0.4 is 19.7 Å². The normalized spacial score (nSPS) is 35.0. The third-order valence-electron chi connectivity index (χ3n) is 9.14. The molecule has 5 rings (SSSR count). The fourth-order valence-corrected chi connectivity index (χ4v) is 7.63. The molecule has 2 saturated carbocycles.